The van der Waals surface area contributed by atoms with E-state index in [1.807, 2.05) is 0 Å². The van der Waals surface area contributed by atoms with Crippen LogP contribution in [0.2, 0.25) is 0 Å². The van der Waals surface area contributed by atoms with E-state index in [1.54, 1.807) is 0 Å². The lowest BCUT2D eigenvalue weighted by atomic mass is 9.46. The monoisotopic (exact) mass is 554 g/mol. The summed E-state index contributed by atoms with van der Waals surface area (Å²) in [5.41, 5.74) is 13.8. The fraction of sp³-hybridized carbons (Fsp3) is 0. The van der Waals surface area contributed by atoms with Crippen LogP contribution < -0.4 is 10.9 Å². The molecule has 11 aromatic rings. The van der Waals surface area contributed by atoms with Crippen molar-refractivity contribution in [2.75, 3.05) is 0 Å². The summed E-state index contributed by atoms with van der Waals surface area (Å²) in [6.45, 7) is 0.0200. The molecule has 0 saturated carbocycles. The second-order valence-electron chi connectivity index (χ2n) is 12.8. The van der Waals surface area contributed by atoms with Gasteiger partial charge in [0.2, 0.25) is 0 Å². The van der Waals surface area contributed by atoms with E-state index in [0.717, 1.165) is 11.2 Å². The first-order valence-electron chi connectivity index (χ1n) is 15.4. The van der Waals surface area contributed by atoms with Gasteiger partial charge in [0.05, 0.1) is 16.6 Å². The van der Waals surface area contributed by atoms with E-state index in [1.165, 1.54) is 103 Å². The molecule has 0 spiro atoms. The minimum Gasteiger partial charge on any atom is -0.455 e. The molecule has 0 fully saturated rings. The SMILES string of the molecule is c1ccc2c(c1)ccc1c3cccc4c3n(c21)B1c2cccc3c5cccc6c7c8c(oc9ccccc98)c-4c1c7n(c23)c56. The van der Waals surface area contributed by atoms with Crippen molar-refractivity contribution in [3.63, 3.8) is 0 Å². The van der Waals surface area contributed by atoms with Crippen LogP contribution in [0, 0.1) is 0 Å². The fourth-order valence-corrected chi connectivity index (χ4v) is 9.53. The smallest absolute Gasteiger partial charge is 0.333 e. The van der Waals surface area contributed by atoms with Gasteiger partial charge in [-0.2, -0.15) is 0 Å². The number of hydrogen-bond acceptors (Lipinski definition) is 1. The number of fused-ring (bicyclic) bond motifs is 15. The van der Waals surface area contributed by atoms with E-state index in [9.17, 15) is 0 Å². The van der Waals surface area contributed by atoms with E-state index in [-0.39, 0.29) is 6.85 Å². The van der Waals surface area contributed by atoms with Crippen molar-refractivity contribution < 1.29 is 4.42 Å². The van der Waals surface area contributed by atoms with Crippen molar-refractivity contribution >= 4 is 110 Å². The van der Waals surface area contributed by atoms with Crippen LogP contribution in [0.1, 0.15) is 0 Å². The third-order valence-corrected chi connectivity index (χ3v) is 11.0. The Balaban J connectivity index is 1.44. The molecule has 198 valence electrons. The van der Waals surface area contributed by atoms with Crippen LogP contribution in [0.25, 0.3) is 104 Å². The number of para-hydroxylation sites is 4. The maximum Gasteiger partial charge on any atom is 0.333 e. The number of furan rings is 1. The summed E-state index contributed by atoms with van der Waals surface area (Å²) < 4.78 is 12.3. The number of hydrogen-bond donors (Lipinski definition) is 0. The summed E-state index contributed by atoms with van der Waals surface area (Å²) in [5.74, 6) is 0. The van der Waals surface area contributed by atoms with Crippen LogP contribution in [-0.2, 0) is 0 Å². The van der Waals surface area contributed by atoms with E-state index >= 15 is 0 Å². The Hall–Kier alpha value is -5.74. The molecule has 0 saturated heterocycles. The molecule has 0 amide bonds. The maximum atomic E-state index is 6.96. The molecule has 4 aromatic heterocycles. The van der Waals surface area contributed by atoms with Crippen molar-refractivity contribution in [1.82, 2.24) is 8.88 Å². The first-order valence-corrected chi connectivity index (χ1v) is 15.4. The number of benzene rings is 7. The second-order valence-corrected chi connectivity index (χ2v) is 12.8. The topological polar surface area (TPSA) is 22.5 Å². The Labute approximate surface area is 249 Å². The van der Waals surface area contributed by atoms with Crippen LogP contribution in [0.3, 0.4) is 0 Å². The van der Waals surface area contributed by atoms with E-state index < -0.39 is 0 Å². The zero-order valence-electron chi connectivity index (χ0n) is 23.3. The molecule has 0 N–H and O–H groups in total. The van der Waals surface area contributed by atoms with Gasteiger partial charge in [-0.25, -0.2) is 0 Å². The van der Waals surface area contributed by atoms with Crippen LogP contribution in [0.15, 0.2) is 120 Å². The number of nitrogens with zero attached hydrogens (tertiary/aromatic N) is 2. The summed E-state index contributed by atoms with van der Waals surface area (Å²) in [5, 5.41) is 12.9. The third-order valence-electron chi connectivity index (χ3n) is 11.0. The van der Waals surface area contributed by atoms with Crippen molar-refractivity contribution in [2.45, 2.75) is 0 Å². The molecule has 4 heteroatoms. The molecule has 2 aliphatic heterocycles. The molecule has 44 heavy (non-hydrogen) atoms. The summed E-state index contributed by atoms with van der Waals surface area (Å²) in [6, 6.07) is 42.8. The minimum atomic E-state index is 0.0200. The quantitative estimate of drug-likeness (QED) is 0.172. The Morgan fingerprint density at radius 1 is 0.477 bits per heavy atom. The van der Waals surface area contributed by atoms with Crippen molar-refractivity contribution in [1.29, 1.82) is 0 Å². The van der Waals surface area contributed by atoms with Gasteiger partial charge >= 0.3 is 6.85 Å². The lowest BCUT2D eigenvalue weighted by Gasteiger charge is -2.31. The first-order chi connectivity index (χ1) is 21.9. The summed E-state index contributed by atoms with van der Waals surface area (Å²) in [4.78, 5) is 0. The molecular weight excluding hydrogens is 535 g/mol. The van der Waals surface area contributed by atoms with E-state index in [0.29, 0.717) is 0 Å². The van der Waals surface area contributed by atoms with E-state index in [2.05, 4.69) is 124 Å². The first kappa shape index (κ1) is 21.0. The largest absolute Gasteiger partial charge is 0.455 e. The zero-order chi connectivity index (χ0) is 28.0. The Kier molecular flexibility index (Phi) is 3.15. The summed E-state index contributed by atoms with van der Waals surface area (Å²) in [7, 11) is 0. The van der Waals surface area contributed by atoms with Gasteiger partial charge in [-0.05, 0) is 22.4 Å². The molecule has 0 unspecified atom stereocenters. The van der Waals surface area contributed by atoms with Crippen LogP contribution in [-0.4, -0.2) is 15.7 Å². The third kappa shape index (κ3) is 1.97. The van der Waals surface area contributed by atoms with Gasteiger partial charge in [0.15, 0.2) is 0 Å². The number of rotatable bonds is 0. The molecule has 3 nitrogen and oxygen atoms in total. The zero-order valence-corrected chi connectivity index (χ0v) is 23.3. The highest BCUT2D eigenvalue weighted by atomic mass is 16.3. The number of aromatic nitrogens is 2. The van der Waals surface area contributed by atoms with Crippen molar-refractivity contribution in [2.24, 2.45) is 0 Å². The Bertz CT molecular complexity index is 3170. The molecule has 0 bridgehead atoms. The molecule has 0 radical (unpaired) electrons. The Morgan fingerprint density at radius 2 is 1.18 bits per heavy atom. The summed E-state index contributed by atoms with van der Waals surface area (Å²) >= 11 is 0. The molecular formula is C40H19BN2O. The minimum absolute atomic E-state index is 0.0200. The van der Waals surface area contributed by atoms with Crippen molar-refractivity contribution in [3.8, 4) is 11.1 Å². The van der Waals surface area contributed by atoms with Gasteiger partial charge < -0.3 is 13.3 Å². The van der Waals surface area contributed by atoms with Gasteiger partial charge in [0.25, 0.3) is 0 Å². The predicted molar refractivity (Wildman–Crippen MR) is 185 cm³/mol. The van der Waals surface area contributed by atoms with Gasteiger partial charge in [0.1, 0.15) is 11.2 Å². The molecule has 7 aromatic carbocycles. The molecule has 13 rings (SSSR count). The van der Waals surface area contributed by atoms with Crippen LogP contribution in [0.4, 0.5) is 0 Å². The standard InChI is InChI=1S/C40H19BN2O/c1-2-9-21-20(8-1)18-19-25-23-12-6-15-28-33-34-39-31(32-26-10-3-4-17-30(26)44-40(32)33)27-14-5-11-22-24-13-7-16-29(38(24)42(39)35(22)27)41(34)43(36(21)25)37(23)28/h1-19H. The van der Waals surface area contributed by atoms with Crippen LogP contribution in [0.5, 0.6) is 0 Å². The van der Waals surface area contributed by atoms with E-state index in [4.69, 9.17) is 4.42 Å². The van der Waals surface area contributed by atoms with Gasteiger partial charge in [-0.1, -0.05) is 109 Å². The Morgan fingerprint density at radius 3 is 2.11 bits per heavy atom. The van der Waals surface area contributed by atoms with Crippen molar-refractivity contribution in [3.05, 3.63) is 115 Å². The average Bonchev–Trinajstić information content (AvgIpc) is 3.81. The van der Waals surface area contributed by atoms with Crippen LogP contribution >= 0.6 is 0 Å². The molecule has 2 aliphatic rings. The fourth-order valence-electron chi connectivity index (χ4n) is 9.53. The molecule has 6 heterocycles. The highest BCUT2D eigenvalue weighted by Crippen LogP contribution is 2.51. The molecule has 0 atom stereocenters. The summed E-state index contributed by atoms with van der Waals surface area (Å²) in [6.07, 6.45) is 0. The highest BCUT2D eigenvalue weighted by Gasteiger charge is 2.43. The maximum absolute atomic E-state index is 6.96. The van der Waals surface area contributed by atoms with Gasteiger partial charge in [-0.3, -0.25) is 0 Å². The lowest BCUT2D eigenvalue weighted by molar-refractivity contribution is 0.670. The lowest BCUT2D eigenvalue weighted by Crippen LogP contribution is -2.53. The van der Waals surface area contributed by atoms with Gasteiger partial charge in [-0.15, -0.1) is 0 Å². The highest BCUT2D eigenvalue weighted by molar-refractivity contribution is 6.91. The predicted octanol–water partition coefficient (Wildman–Crippen LogP) is 8.94. The molecule has 0 aliphatic carbocycles. The average molecular weight is 554 g/mol. The van der Waals surface area contributed by atoms with Gasteiger partial charge in [0, 0.05) is 70.6 Å². The normalized spacial score (nSPS) is 13.9. The second kappa shape index (κ2) is 6.59.